The van der Waals surface area contributed by atoms with Crippen LogP contribution in [0.25, 0.3) is 0 Å². The van der Waals surface area contributed by atoms with E-state index in [4.69, 9.17) is 28.4 Å². The highest BCUT2D eigenvalue weighted by Crippen LogP contribution is 2.30. The van der Waals surface area contributed by atoms with Gasteiger partial charge in [-0.25, -0.2) is 29.0 Å². The third-order valence-corrected chi connectivity index (χ3v) is 6.17. The van der Waals surface area contributed by atoms with Crippen molar-refractivity contribution in [3.8, 4) is 23.0 Å². The van der Waals surface area contributed by atoms with Gasteiger partial charge in [-0.15, -0.1) is 0 Å². The van der Waals surface area contributed by atoms with Crippen LogP contribution in [0.15, 0.2) is 36.4 Å². The van der Waals surface area contributed by atoms with Crippen molar-refractivity contribution in [3.05, 3.63) is 47.5 Å². The molecule has 254 valence electrons. The van der Waals surface area contributed by atoms with E-state index in [1.54, 1.807) is 12.1 Å². The normalized spacial score (nSPS) is 10.3. The highest BCUT2D eigenvalue weighted by Gasteiger charge is 2.23. The van der Waals surface area contributed by atoms with E-state index in [1.807, 2.05) is 0 Å². The van der Waals surface area contributed by atoms with E-state index in [-0.39, 0.29) is 47.3 Å². The topological polar surface area (TPSA) is 179 Å². The van der Waals surface area contributed by atoms with Crippen molar-refractivity contribution in [2.24, 2.45) is 0 Å². The van der Waals surface area contributed by atoms with E-state index >= 15 is 0 Å². The zero-order chi connectivity index (χ0) is 33.6. The van der Waals surface area contributed by atoms with Gasteiger partial charge >= 0.3 is 24.2 Å². The van der Waals surface area contributed by atoms with Crippen molar-refractivity contribution < 1.29 is 77.2 Å². The van der Waals surface area contributed by atoms with Crippen LogP contribution in [0, 0.1) is 0 Å². The Balaban J connectivity index is 1.42. The number of hydrogen-bond donors (Lipinski definition) is 0. The number of benzene rings is 2. The largest absolute Gasteiger partial charge is 0.543 e. The second-order valence-electron chi connectivity index (χ2n) is 9.14. The van der Waals surface area contributed by atoms with Crippen LogP contribution in [-0.2, 0) is 39.1 Å². The van der Waals surface area contributed by atoms with Gasteiger partial charge in [0.1, 0.15) is 34.1 Å². The van der Waals surface area contributed by atoms with Crippen LogP contribution in [-0.4, -0.2) is 65.9 Å². The monoisotopic (exact) mass is 654 g/mol. The molecule has 0 heterocycles. The number of rotatable bonds is 21. The number of methoxy groups -OCH3 is 4. The highest BCUT2D eigenvalue weighted by atomic mass is 17.5. The summed E-state index contributed by atoms with van der Waals surface area (Å²) in [7, 11) is 5.47. The molecule has 0 radical (unpaired) electrons. The lowest BCUT2D eigenvalue weighted by atomic mass is 10.1. The summed E-state index contributed by atoms with van der Waals surface area (Å²) in [4.78, 5) is 65.1. The molecule has 2 rings (SSSR count). The summed E-state index contributed by atoms with van der Waals surface area (Å²) >= 11 is 0. The lowest BCUT2D eigenvalue weighted by molar-refractivity contribution is -0.452. The number of ether oxygens (including phenoxy) is 6. The second kappa shape index (κ2) is 21.7. The Labute approximate surface area is 265 Å². The van der Waals surface area contributed by atoms with Crippen LogP contribution in [0.4, 0.5) is 9.59 Å². The summed E-state index contributed by atoms with van der Waals surface area (Å²) < 4.78 is 30.1. The first-order chi connectivity index (χ1) is 22.4. The zero-order valence-electron chi connectivity index (χ0n) is 26.1. The fourth-order valence-electron chi connectivity index (χ4n) is 3.96. The lowest BCUT2D eigenvalue weighted by Crippen LogP contribution is -2.14. The first-order valence-corrected chi connectivity index (χ1v) is 14.2. The maximum absolute atomic E-state index is 12.2. The Morgan fingerprint density at radius 3 is 1.07 bits per heavy atom. The minimum absolute atomic E-state index is 0.0437. The Kier molecular flexibility index (Phi) is 17.6. The van der Waals surface area contributed by atoms with Gasteiger partial charge in [-0.2, -0.15) is 0 Å². The third kappa shape index (κ3) is 13.0. The van der Waals surface area contributed by atoms with Crippen LogP contribution >= 0.6 is 0 Å². The summed E-state index contributed by atoms with van der Waals surface area (Å²) in [5.74, 6) is -1.25. The van der Waals surface area contributed by atoms with Crippen LogP contribution in [0.1, 0.15) is 72.1 Å². The van der Waals surface area contributed by atoms with Crippen LogP contribution < -0.4 is 18.9 Å². The number of carbonyl (C=O) groups is 4. The molecule has 0 saturated heterocycles. The molecule has 2 aromatic carbocycles. The number of unbranched alkanes of at least 4 members (excludes halogenated alkanes) is 7. The van der Waals surface area contributed by atoms with E-state index < -0.39 is 24.2 Å². The van der Waals surface area contributed by atoms with Crippen molar-refractivity contribution in [2.75, 3.05) is 41.7 Å². The standard InChI is InChI=1S/C30H38O16/c1-35-21-15-13-16-22(36-2)25(21)27(31)41-45-43-29(33)39-19-11-9-7-5-6-8-10-12-20-40-30(34)44-46-42-28(32)26-23(37-3)17-14-18-24(26)38-4/h13-18H,5-12,19-20H2,1-4H3. The Morgan fingerprint density at radius 1 is 0.457 bits per heavy atom. The fraction of sp³-hybridized carbons (Fsp3) is 0.467. The maximum Gasteiger partial charge on any atom is 0.543 e. The van der Waals surface area contributed by atoms with E-state index in [2.05, 4.69) is 29.6 Å². The van der Waals surface area contributed by atoms with E-state index in [1.165, 1.54) is 52.7 Å². The van der Waals surface area contributed by atoms with E-state index in [0.29, 0.717) is 12.8 Å². The minimum atomic E-state index is -1.16. The lowest BCUT2D eigenvalue weighted by Gasteiger charge is -2.10. The average Bonchev–Trinajstić information content (AvgIpc) is 3.07. The Bertz CT molecular complexity index is 1110. The SMILES string of the molecule is COc1cccc(OC)c1C(=O)OOOC(=O)OCCCCCCCCCCOC(=O)OOOC(=O)c1c(OC)cccc1OC. The molecule has 0 aliphatic carbocycles. The molecule has 0 saturated carbocycles. The number of carbonyl (C=O) groups excluding carboxylic acids is 4. The van der Waals surface area contributed by atoms with Gasteiger partial charge in [-0.05, 0) is 37.1 Å². The first kappa shape index (κ1) is 37.2. The van der Waals surface area contributed by atoms with Crippen molar-refractivity contribution in [2.45, 2.75) is 51.4 Å². The third-order valence-electron chi connectivity index (χ3n) is 6.17. The summed E-state index contributed by atoms with van der Waals surface area (Å²) in [6, 6.07) is 9.34. The molecule has 0 fully saturated rings. The quantitative estimate of drug-likeness (QED) is 0.0676. The molecular weight excluding hydrogens is 616 g/mol. The van der Waals surface area contributed by atoms with Gasteiger partial charge in [0, 0.05) is 0 Å². The summed E-state index contributed by atoms with van der Waals surface area (Å²) in [6.07, 6.45) is 4.31. The Morgan fingerprint density at radius 2 is 0.761 bits per heavy atom. The summed E-state index contributed by atoms with van der Waals surface area (Å²) in [5.41, 5.74) is -0.0874. The zero-order valence-corrected chi connectivity index (χ0v) is 26.1. The molecule has 0 N–H and O–H groups in total. The predicted molar refractivity (Wildman–Crippen MR) is 154 cm³/mol. The van der Waals surface area contributed by atoms with Crippen molar-refractivity contribution >= 4 is 24.2 Å². The molecule has 16 heteroatoms. The summed E-state index contributed by atoms with van der Waals surface area (Å²) in [5, 5.41) is 8.46. The van der Waals surface area contributed by atoms with Crippen molar-refractivity contribution in [3.63, 3.8) is 0 Å². The summed E-state index contributed by atoms with van der Waals surface area (Å²) in [6.45, 7) is 0.197. The van der Waals surface area contributed by atoms with E-state index in [9.17, 15) is 19.2 Å². The van der Waals surface area contributed by atoms with Gasteiger partial charge < -0.3 is 28.4 Å². The van der Waals surface area contributed by atoms with Crippen LogP contribution in [0.3, 0.4) is 0 Å². The van der Waals surface area contributed by atoms with Gasteiger partial charge in [0.2, 0.25) is 0 Å². The molecule has 0 aliphatic heterocycles. The fourth-order valence-corrected chi connectivity index (χ4v) is 3.96. The number of hydrogen-bond acceptors (Lipinski definition) is 16. The molecule has 0 atom stereocenters. The van der Waals surface area contributed by atoms with Crippen LogP contribution in [0.5, 0.6) is 23.0 Å². The van der Waals surface area contributed by atoms with Gasteiger partial charge in [0.15, 0.2) is 0 Å². The second-order valence-corrected chi connectivity index (χ2v) is 9.14. The first-order valence-electron chi connectivity index (χ1n) is 14.2. The predicted octanol–water partition coefficient (Wildman–Crippen LogP) is 5.86. The molecule has 2 aromatic rings. The molecule has 0 unspecified atom stereocenters. The van der Waals surface area contributed by atoms with Gasteiger partial charge in [0.25, 0.3) is 0 Å². The van der Waals surface area contributed by atoms with Gasteiger partial charge in [0.05, 0.1) is 51.7 Å². The van der Waals surface area contributed by atoms with Gasteiger partial charge in [-0.3, -0.25) is 9.78 Å². The molecule has 16 nitrogen and oxygen atoms in total. The molecule has 0 amide bonds. The van der Waals surface area contributed by atoms with E-state index in [0.717, 1.165) is 38.5 Å². The van der Waals surface area contributed by atoms with Gasteiger partial charge in [-0.1, -0.05) is 50.7 Å². The Hall–Kier alpha value is -4.96. The molecule has 46 heavy (non-hydrogen) atoms. The maximum atomic E-state index is 12.2. The molecular formula is C30H38O16. The molecule has 0 aliphatic rings. The molecule has 0 bridgehead atoms. The average molecular weight is 655 g/mol. The van der Waals surface area contributed by atoms with Crippen LogP contribution in [0.2, 0.25) is 0 Å². The minimum Gasteiger partial charge on any atom is -0.496 e. The molecule has 0 aromatic heterocycles. The van der Waals surface area contributed by atoms with Crippen molar-refractivity contribution in [1.29, 1.82) is 0 Å². The highest BCUT2D eigenvalue weighted by molar-refractivity contribution is 5.96. The smallest absolute Gasteiger partial charge is 0.496 e. The van der Waals surface area contributed by atoms with Crippen molar-refractivity contribution in [1.82, 2.24) is 0 Å². The molecule has 0 spiro atoms.